The zero-order valence-corrected chi connectivity index (χ0v) is 10.5. The van der Waals surface area contributed by atoms with E-state index in [0.29, 0.717) is 12.2 Å². The Balaban J connectivity index is 2.61. The van der Waals surface area contributed by atoms with Crippen LogP contribution < -0.4 is 5.32 Å². The van der Waals surface area contributed by atoms with E-state index in [0.717, 1.165) is 13.1 Å². The van der Waals surface area contributed by atoms with E-state index in [9.17, 15) is 0 Å². The number of hydrogen-bond acceptors (Lipinski definition) is 2. The molecule has 0 amide bonds. The molecule has 0 saturated carbocycles. The highest BCUT2D eigenvalue weighted by atomic mass is 16.5. The van der Waals surface area contributed by atoms with E-state index in [1.807, 2.05) is 0 Å². The number of ether oxygens (including phenoxy) is 1. The molecule has 0 unspecified atom stereocenters. The molecule has 1 fully saturated rings. The first kappa shape index (κ1) is 12.0. The summed E-state index contributed by atoms with van der Waals surface area (Å²) in [5, 5.41) is 3.47. The summed E-state index contributed by atoms with van der Waals surface area (Å²) >= 11 is 0. The van der Waals surface area contributed by atoms with Crippen molar-refractivity contribution in [3.63, 3.8) is 0 Å². The SMILES string of the molecule is CC(C)(C)[C@@H]1CNC[C@H](C(C)(C)C)O1. The minimum absolute atomic E-state index is 0.233. The third kappa shape index (κ3) is 2.96. The smallest absolute Gasteiger partial charge is 0.0752 e. The van der Waals surface area contributed by atoms with Gasteiger partial charge in [-0.05, 0) is 10.8 Å². The van der Waals surface area contributed by atoms with Gasteiger partial charge >= 0.3 is 0 Å². The Morgan fingerprint density at radius 3 is 1.50 bits per heavy atom. The van der Waals surface area contributed by atoms with Crippen molar-refractivity contribution in [1.29, 1.82) is 0 Å². The van der Waals surface area contributed by atoms with Crippen LogP contribution in [0.4, 0.5) is 0 Å². The third-order valence-electron chi connectivity index (χ3n) is 2.92. The fourth-order valence-electron chi connectivity index (χ4n) is 1.66. The van der Waals surface area contributed by atoms with Crippen LogP contribution >= 0.6 is 0 Å². The predicted octanol–water partition coefficient (Wildman–Crippen LogP) is 2.44. The molecule has 0 radical (unpaired) electrons. The fraction of sp³-hybridized carbons (Fsp3) is 1.00. The van der Waals surface area contributed by atoms with Crippen molar-refractivity contribution in [2.45, 2.75) is 53.8 Å². The minimum Gasteiger partial charge on any atom is -0.371 e. The van der Waals surface area contributed by atoms with Crippen molar-refractivity contribution in [1.82, 2.24) is 5.32 Å². The largest absolute Gasteiger partial charge is 0.371 e. The van der Waals surface area contributed by atoms with E-state index in [4.69, 9.17) is 4.74 Å². The quantitative estimate of drug-likeness (QED) is 0.647. The van der Waals surface area contributed by atoms with Gasteiger partial charge in [0.25, 0.3) is 0 Å². The summed E-state index contributed by atoms with van der Waals surface area (Å²) in [5.41, 5.74) is 0.466. The van der Waals surface area contributed by atoms with E-state index < -0.39 is 0 Å². The van der Waals surface area contributed by atoms with Gasteiger partial charge in [0.2, 0.25) is 0 Å². The van der Waals surface area contributed by atoms with E-state index in [2.05, 4.69) is 46.9 Å². The normalized spacial score (nSPS) is 30.4. The molecule has 0 spiro atoms. The van der Waals surface area contributed by atoms with Gasteiger partial charge in [-0.1, -0.05) is 41.5 Å². The second-order valence-electron chi connectivity index (χ2n) is 6.50. The van der Waals surface area contributed by atoms with Crippen LogP contribution in [0.3, 0.4) is 0 Å². The van der Waals surface area contributed by atoms with Gasteiger partial charge in [-0.2, -0.15) is 0 Å². The van der Waals surface area contributed by atoms with E-state index in [1.165, 1.54) is 0 Å². The molecule has 1 aliphatic rings. The summed E-state index contributed by atoms with van der Waals surface area (Å²) in [5.74, 6) is 0. The molecule has 2 atom stereocenters. The molecule has 0 bridgehead atoms. The average Bonchev–Trinajstić information content (AvgIpc) is 2.01. The number of nitrogens with one attached hydrogen (secondary N) is 1. The minimum atomic E-state index is 0.233. The molecule has 0 aromatic rings. The third-order valence-corrected chi connectivity index (χ3v) is 2.92. The van der Waals surface area contributed by atoms with E-state index in [1.54, 1.807) is 0 Å². The van der Waals surface area contributed by atoms with Crippen molar-refractivity contribution in [2.75, 3.05) is 13.1 Å². The maximum Gasteiger partial charge on any atom is 0.0752 e. The second-order valence-corrected chi connectivity index (χ2v) is 6.50. The highest BCUT2D eigenvalue weighted by Crippen LogP contribution is 2.30. The summed E-state index contributed by atoms with van der Waals surface area (Å²) in [6, 6.07) is 0. The van der Waals surface area contributed by atoms with Crippen LogP contribution in [0.5, 0.6) is 0 Å². The summed E-state index contributed by atoms with van der Waals surface area (Å²) in [4.78, 5) is 0. The molecule has 0 aromatic heterocycles. The summed E-state index contributed by atoms with van der Waals surface area (Å²) in [6.07, 6.45) is 0.668. The average molecular weight is 199 g/mol. The molecule has 0 aromatic carbocycles. The van der Waals surface area contributed by atoms with Gasteiger partial charge in [0.15, 0.2) is 0 Å². The van der Waals surface area contributed by atoms with Crippen LogP contribution in [0.15, 0.2) is 0 Å². The Morgan fingerprint density at radius 1 is 0.857 bits per heavy atom. The lowest BCUT2D eigenvalue weighted by Crippen LogP contribution is -2.53. The molecule has 84 valence electrons. The van der Waals surface area contributed by atoms with Gasteiger partial charge in [-0.25, -0.2) is 0 Å². The van der Waals surface area contributed by atoms with Gasteiger partial charge in [0, 0.05) is 13.1 Å². The Kier molecular flexibility index (Phi) is 3.27. The van der Waals surface area contributed by atoms with Gasteiger partial charge in [-0.3, -0.25) is 0 Å². The molecule has 2 nitrogen and oxygen atoms in total. The predicted molar refractivity (Wildman–Crippen MR) is 60.4 cm³/mol. The maximum absolute atomic E-state index is 6.15. The Morgan fingerprint density at radius 2 is 1.21 bits per heavy atom. The molecule has 1 aliphatic heterocycles. The monoisotopic (exact) mass is 199 g/mol. The summed E-state index contributed by atoms with van der Waals surface area (Å²) < 4.78 is 6.15. The van der Waals surface area contributed by atoms with Crippen molar-refractivity contribution in [2.24, 2.45) is 10.8 Å². The van der Waals surface area contributed by atoms with Gasteiger partial charge < -0.3 is 10.1 Å². The standard InChI is InChI=1S/C12H25NO/c1-11(2,3)9-7-13-8-10(14-9)12(4,5)6/h9-10,13H,7-8H2,1-6H3/t9-,10+. The number of morpholine rings is 1. The van der Waals surface area contributed by atoms with E-state index in [-0.39, 0.29) is 10.8 Å². The fourth-order valence-corrected chi connectivity index (χ4v) is 1.66. The lowest BCUT2D eigenvalue weighted by Gasteiger charge is -2.43. The summed E-state index contributed by atoms with van der Waals surface area (Å²) in [6.45, 7) is 15.4. The van der Waals surface area contributed by atoms with Crippen molar-refractivity contribution >= 4 is 0 Å². The van der Waals surface area contributed by atoms with Gasteiger partial charge in [0.1, 0.15) is 0 Å². The van der Waals surface area contributed by atoms with Crippen LogP contribution in [-0.4, -0.2) is 25.3 Å². The first-order valence-electron chi connectivity index (χ1n) is 5.57. The molecule has 1 saturated heterocycles. The molecule has 2 heteroatoms. The van der Waals surface area contributed by atoms with Crippen LogP contribution in [0.1, 0.15) is 41.5 Å². The van der Waals surface area contributed by atoms with E-state index >= 15 is 0 Å². The molecule has 0 aliphatic carbocycles. The number of hydrogen-bond donors (Lipinski definition) is 1. The first-order chi connectivity index (χ1) is 6.21. The second kappa shape index (κ2) is 3.82. The maximum atomic E-state index is 6.15. The Bertz CT molecular complexity index is 167. The first-order valence-corrected chi connectivity index (χ1v) is 5.57. The zero-order valence-electron chi connectivity index (χ0n) is 10.5. The molecular formula is C12H25NO. The van der Waals surface area contributed by atoms with Crippen LogP contribution in [0, 0.1) is 10.8 Å². The van der Waals surface area contributed by atoms with Crippen LogP contribution in [-0.2, 0) is 4.74 Å². The molecule has 14 heavy (non-hydrogen) atoms. The topological polar surface area (TPSA) is 21.3 Å². The van der Waals surface area contributed by atoms with Gasteiger partial charge in [0.05, 0.1) is 12.2 Å². The highest BCUT2D eigenvalue weighted by Gasteiger charge is 2.36. The number of rotatable bonds is 0. The van der Waals surface area contributed by atoms with Crippen molar-refractivity contribution < 1.29 is 4.74 Å². The Labute approximate surface area is 88.4 Å². The Hall–Kier alpha value is -0.0800. The zero-order chi connectivity index (χ0) is 11.0. The highest BCUT2D eigenvalue weighted by molar-refractivity contribution is 4.87. The lowest BCUT2D eigenvalue weighted by molar-refractivity contribution is -0.124. The molecule has 1 rings (SSSR count). The molecule has 1 heterocycles. The van der Waals surface area contributed by atoms with Crippen molar-refractivity contribution in [3.05, 3.63) is 0 Å². The molecular weight excluding hydrogens is 174 g/mol. The van der Waals surface area contributed by atoms with Crippen LogP contribution in [0.2, 0.25) is 0 Å². The van der Waals surface area contributed by atoms with Crippen molar-refractivity contribution in [3.8, 4) is 0 Å². The summed E-state index contributed by atoms with van der Waals surface area (Å²) in [7, 11) is 0. The lowest BCUT2D eigenvalue weighted by atomic mass is 9.84. The van der Waals surface area contributed by atoms with Gasteiger partial charge in [-0.15, -0.1) is 0 Å². The van der Waals surface area contributed by atoms with Crippen LogP contribution in [0.25, 0.3) is 0 Å². The molecule has 1 N–H and O–H groups in total.